The second kappa shape index (κ2) is 14.2. The minimum Gasteiger partial charge on any atom is -0.381 e. The first-order chi connectivity index (χ1) is 13.9. The van der Waals surface area contributed by atoms with E-state index < -0.39 is 9.84 Å². The third-order valence-electron chi connectivity index (χ3n) is 4.75. The molecule has 1 aromatic carbocycles. The van der Waals surface area contributed by atoms with E-state index in [1.165, 1.54) is 6.26 Å². The van der Waals surface area contributed by atoms with Gasteiger partial charge in [0.1, 0.15) is 9.84 Å². The summed E-state index contributed by atoms with van der Waals surface area (Å²) < 4.78 is 34.0. The monoisotopic (exact) mass is 553 g/mol. The topological polar surface area (TPSA) is 89.0 Å². The molecule has 0 aliphatic carbocycles. The second-order valence-electron chi connectivity index (χ2n) is 7.60. The third-order valence-corrected chi connectivity index (χ3v) is 5.72. The van der Waals surface area contributed by atoms with Crippen molar-refractivity contribution in [3.05, 3.63) is 35.4 Å². The zero-order valence-electron chi connectivity index (χ0n) is 18.2. The molecule has 1 aliphatic rings. The fourth-order valence-corrected chi connectivity index (χ4v) is 3.77. The van der Waals surface area contributed by atoms with Crippen molar-refractivity contribution in [3.8, 4) is 0 Å². The van der Waals surface area contributed by atoms with Gasteiger partial charge >= 0.3 is 0 Å². The number of ether oxygens (including phenoxy) is 2. The minimum atomic E-state index is -2.96. The van der Waals surface area contributed by atoms with Gasteiger partial charge in [0.05, 0.1) is 25.0 Å². The highest BCUT2D eigenvalue weighted by molar-refractivity contribution is 14.0. The van der Waals surface area contributed by atoms with Crippen molar-refractivity contribution < 1.29 is 17.9 Å². The largest absolute Gasteiger partial charge is 0.381 e. The molecule has 1 aliphatic heterocycles. The van der Waals surface area contributed by atoms with Crippen molar-refractivity contribution in [1.82, 2.24) is 10.6 Å². The quantitative estimate of drug-likeness (QED) is 0.263. The molecule has 172 valence electrons. The first-order valence-corrected chi connectivity index (χ1v) is 12.4. The van der Waals surface area contributed by atoms with Gasteiger partial charge in [0.2, 0.25) is 0 Å². The van der Waals surface area contributed by atoms with Gasteiger partial charge in [-0.15, -0.1) is 24.0 Å². The molecule has 1 saturated heterocycles. The zero-order valence-corrected chi connectivity index (χ0v) is 21.4. The van der Waals surface area contributed by atoms with Crippen LogP contribution in [0.3, 0.4) is 0 Å². The third kappa shape index (κ3) is 11.5. The van der Waals surface area contributed by atoms with Crippen molar-refractivity contribution >= 4 is 39.8 Å². The van der Waals surface area contributed by atoms with Crippen LogP contribution in [0.15, 0.2) is 29.3 Å². The van der Waals surface area contributed by atoms with Gasteiger partial charge < -0.3 is 20.1 Å². The number of hydrogen-bond donors (Lipinski definition) is 2. The van der Waals surface area contributed by atoms with Crippen LogP contribution in [0.4, 0.5) is 0 Å². The van der Waals surface area contributed by atoms with Crippen LogP contribution < -0.4 is 10.6 Å². The summed E-state index contributed by atoms with van der Waals surface area (Å²) in [5, 5.41) is 6.48. The average molecular weight is 554 g/mol. The second-order valence-corrected chi connectivity index (χ2v) is 9.86. The van der Waals surface area contributed by atoms with E-state index in [1.807, 2.05) is 13.8 Å². The van der Waals surface area contributed by atoms with Crippen molar-refractivity contribution in [1.29, 1.82) is 0 Å². The van der Waals surface area contributed by atoms with Crippen molar-refractivity contribution in [2.75, 3.05) is 31.8 Å². The predicted octanol–water partition coefficient (Wildman–Crippen LogP) is 2.88. The van der Waals surface area contributed by atoms with Crippen LogP contribution >= 0.6 is 24.0 Å². The molecule has 0 spiro atoms. The van der Waals surface area contributed by atoms with Crippen molar-refractivity contribution in [3.63, 3.8) is 0 Å². The number of rotatable bonds is 10. The maximum Gasteiger partial charge on any atom is 0.191 e. The number of sulfone groups is 1. The molecule has 0 aromatic heterocycles. The van der Waals surface area contributed by atoms with E-state index in [4.69, 9.17) is 9.47 Å². The molecule has 1 aromatic rings. The summed E-state index contributed by atoms with van der Waals surface area (Å²) in [6.07, 6.45) is 4.04. The Morgan fingerprint density at radius 1 is 1.23 bits per heavy atom. The minimum absolute atomic E-state index is 0. The summed E-state index contributed by atoms with van der Waals surface area (Å²) in [5.41, 5.74) is 2.27. The molecule has 1 atom stereocenters. The molecule has 2 N–H and O–H groups in total. The van der Waals surface area contributed by atoms with E-state index in [1.54, 1.807) is 0 Å². The first kappa shape index (κ1) is 27.1. The molecule has 1 unspecified atom stereocenters. The summed E-state index contributed by atoms with van der Waals surface area (Å²) in [7, 11) is -2.96. The predicted molar refractivity (Wildman–Crippen MR) is 132 cm³/mol. The van der Waals surface area contributed by atoms with E-state index in [9.17, 15) is 8.42 Å². The lowest BCUT2D eigenvalue weighted by molar-refractivity contribution is -0.0390. The van der Waals surface area contributed by atoms with Crippen LogP contribution in [0.5, 0.6) is 0 Å². The van der Waals surface area contributed by atoms with Crippen LogP contribution in [0, 0.1) is 0 Å². The molecule has 30 heavy (non-hydrogen) atoms. The number of nitrogens with one attached hydrogen (secondary N) is 2. The Balaban J connectivity index is 0.00000450. The summed E-state index contributed by atoms with van der Waals surface area (Å²) in [6.45, 7) is 7.46. The normalized spacial score (nSPS) is 16.6. The van der Waals surface area contributed by atoms with Gasteiger partial charge in [-0.1, -0.05) is 24.3 Å². The summed E-state index contributed by atoms with van der Waals surface area (Å²) in [4.78, 5) is 4.62. The Kier molecular flexibility index (Phi) is 12.8. The highest BCUT2D eigenvalue weighted by Crippen LogP contribution is 2.14. The molecule has 9 heteroatoms. The molecule has 0 bridgehead atoms. The first-order valence-electron chi connectivity index (χ1n) is 10.4. The van der Waals surface area contributed by atoms with E-state index in [0.717, 1.165) is 43.7 Å². The average Bonchev–Trinajstić information content (AvgIpc) is 2.70. The standard InChI is InChI=1S/C21H35N3O4S.HI/c1-4-22-21(24-17(2)11-14-29(3,25)26)23-15-18-5-7-19(8-6-18)16-28-20-9-12-27-13-10-20;/h5-8,17,20H,4,9-16H2,1-3H3,(H2,22,23,24);1H. The van der Waals surface area contributed by atoms with E-state index in [0.29, 0.717) is 31.6 Å². The van der Waals surface area contributed by atoms with Crippen LogP contribution in [-0.4, -0.2) is 58.3 Å². The Morgan fingerprint density at radius 3 is 2.47 bits per heavy atom. The van der Waals surface area contributed by atoms with Crippen molar-refractivity contribution in [2.24, 2.45) is 4.99 Å². The Morgan fingerprint density at radius 2 is 1.87 bits per heavy atom. The molecular weight excluding hydrogens is 517 g/mol. The van der Waals surface area contributed by atoms with Gasteiger partial charge in [-0.05, 0) is 44.2 Å². The van der Waals surface area contributed by atoms with Gasteiger partial charge in [-0.2, -0.15) is 0 Å². The molecule has 0 saturated carbocycles. The molecule has 7 nitrogen and oxygen atoms in total. The number of nitrogens with zero attached hydrogens (tertiary/aromatic N) is 1. The maximum absolute atomic E-state index is 11.3. The van der Waals surface area contributed by atoms with Gasteiger partial charge in [0, 0.05) is 32.1 Å². The van der Waals surface area contributed by atoms with Crippen molar-refractivity contribution in [2.45, 2.75) is 58.4 Å². The van der Waals surface area contributed by atoms with Gasteiger partial charge in [0.25, 0.3) is 0 Å². The lowest BCUT2D eigenvalue weighted by atomic mass is 10.1. The molecule has 0 amide bonds. The van der Waals surface area contributed by atoms with Crippen LogP contribution in [0.2, 0.25) is 0 Å². The molecular formula is C21H36IN3O4S. The Hall–Kier alpha value is -0.910. The van der Waals surface area contributed by atoms with E-state index in [-0.39, 0.29) is 35.8 Å². The SMILES string of the molecule is CCNC(=NCc1ccc(COC2CCOCC2)cc1)NC(C)CCS(C)(=O)=O.I. The fourth-order valence-electron chi connectivity index (χ4n) is 2.98. The lowest BCUT2D eigenvalue weighted by Gasteiger charge is -2.22. The molecule has 0 radical (unpaired) electrons. The van der Waals surface area contributed by atoms with Crippen LogP contribution in [0.25, 0.3) is 0 Å². The number of hydrogen-bond acceptors (Lipinski definition) is 5. The number of aliphatic imine (C=N–C) groups is 1. The lowest BCUT2D eigenvalue weighted by Crippen LogP contribution is -2.42. The molecule has 2 rings (SSSR count). The zero-order chi connectivity index (χ0) is 21.1. The smallest absolute Gasteiger partial charge is 0.191 e. The highest BCUT2D eigenvalue weighted by Gasteiger charge is 2.14. The van der Waals surface area contributed by atoms with Crippen LogP contribution in [-0.2, 0) is 32.5 Å². The van der Waals surface area contributed by atoms with E-state index >= 15 is 0 Å². The Bertz CT molecular complexity index is 735. The molecule has 1 heterocycles. The van der Waals surface area contributed by atoms with E-state index in [2.05, 4.69) is 39.9 Å². The summed E-state index contributed by atoms with van der Waals surface area (Å²) in [6, 6.07) is 8.33. The van der Waals surface area contributed by atoms with Gasteiger partial charge in [-0.3, -0.25) is 0 Å². The number of guanidine groups is 1. The fraction of sp³-hybridized carbons (Fsp3) is 0.667. The van der Waals surface area contributed by atoms with Gasteiger partial charge in [0.15, 0.2) is 5.96 Å². The van der Waals surface area contributed by atoms with Crippen LogP contribution in [0.1, 0.15) is 44.2 Å². The van der Waals surface area contributed by atoms with Gasteiger partial charge in [-0.25, -0.2) is 13.4 Å². The highest BCUT2D eigenvalue weighted by atomic mass is 127. The summed E-state index contributed by atoms with van der Waals surface area (Å²) >= 11 is 0. The number of benzene rings is 1. The summed E-state index contributed by atoms with van der Waals surface area (Å²) in [5.74, 6) is 0.860. The number of halogens is 1. The Labute approximate surface area is 198 Å². The maximum atomic E-state index is 11.3. The molecule has 1 fully saturated rings.